The maximum absolute atomic E-state index is 5.95. The third-order valence-electron chi connectivity index (χ3n) is 2.29. The maximum Gasteiger partial charge on any atom is 0.0573 e. The molecule has 0 fully saturated rings. The number of allylic oxidation sites excluding steroid dienone is 1. The number of benzene rings is 1. The Bertz CT molecular complexity index is 385. The van der Waals surface area contributed by atoms with E-state index in [1.807, 2.05) is 44.3 Å². The zero-order chi connectivity index (χ0) is 12.0. The lowest BCUT2D eigenvalue weighted by atomic mass is 10.3. The van der Waals surface area contributed by atoms with Crippen molar-refractivity contribution in [2.24, 2.45) is 0 Å². The van der Waals surface area contributed by atoms with Crippen LogP contribution in [-0.4, -0.2) is 13.6 Å². The van der Waals surface area contributed by atoms with Crippen molar-refractivity contribution in [1.82, 2.24) is 5.32 Å². The molecule has 1 aromatic carbocycles. The molecule has 16 heavy (non-hydrogen) atoms. The van der Waals surface area contributed by atoms with E-state index in [0.29, 0.717) is 0 Å². The molecule has 0 unspecified atom stereocenters. The van der Waals surface area contributed by atoms with Crippen LogP contribution in [0.1, 0.15) is 6.92 Å². The lowest BCUT2D eigenvalue weighted by molar-refractivity contribution is 0.902. The maximum atomic E-state index is 5.95. The molecule has 0 saturated carbocycles. The molecule has 0 aliphatic heterocycles. The molecule has 0 saturated heterocycles. The van der Waals surface area contributed by atoms with Crippen LogP contribution in [0.4, 0.5) is 5.69 Å². The van der Waals surface area contributed by atoms with Crippen molar-refractivity contribution in [1.29, 1.82) is 0 Å². The van der Waals surface area contributed by atoms with Gasteiger partial charge in [-0.1, -0.05) is 30.3 Å². The largest absolute Gasteiger partial charge is 0.369 e. The average Bonchev–Trinajstić information content (AvgIpc) is 2.28. The summed E-state index contributed by atoms with van der Waals surface area (Å²) in [5.41, 5.74) is 2.20. The topological polar surface area (TPSA) is 15.3 Å². The molecular formula is C13H17ClN2. The quantitative estimate of drug-likeness (QED) is 0.843. The van der Waals surface area contributed by atoms with Crippen molar-refractivity contribution in [3.05, 3.63) is 53.8 Å². The molecule has 0 radical (unpaired) electrons. The molecule has 0 spiro atoms. The minimum Gasteiger partial charge on any atom is -0.369 e. The number of anilines is 1. The number of halogens is 1. The van der Waals surface area contributed by atoms with E-state index in [0.717, 1.165) is 23.0 Å². The first-order valence-electron chi connectivity index (χ1n) is 5.16. The second-order valence-corrected chi connectivity index (χ2v) is 3.93. The number of nitrogens with zero attached hydrogens (tertiary/aromatic N) is 1. The summed E-state index contributed by atoms with van der Waals surface area (Å²) in [6, 6.07) is 7.80. The number of hydrogen-bond acceptors (Lipinski definition) is 2. The van der Waals surface area contributed by atoms with E-state index in [1.165, 1.54) is 0 Å². The first-order valence-corrected chi connectivity index (χ1v) is 5.54. The first kappa shape index (κ1) is 12.7. The van der Waals surface area contributed by atoms with E-state index in [2.05, 4.69) is 16.8 Å². The molecule has 0 bridgehead atoms. The van der Waals surface area contributed by atoms with Crippen molar-refractivity contribution in [2.45, 2.75) is 6.92 Å². The number of nitrogens with one attached hydrogen (secondary N) is 1. The Labute approximate surface area is 102 Å². The van der Waals surface area contributed by atoms with Crippen LogP contribution in [0.25, 0.3) is 0 Å². The molecule has 1 rings (SSSR count). The van der Waals surface area contributed by atoms with E-state index in [-0.39, 0.29) is 0 Å². The molecule has 0 amide bonds. The van der Waals surface area contributed by atoms with E-state index in [1.54, 1.807) is 6.20 Å². The van der Waals surface area contributed by atoms with Gasteiger partial charge in [0, 0.05) is 23.5 Å². The van der Waals surface area contributed by atoms with Crippen molar-refractivity contribution in [3.8, 4) is 0 Å². The fourth-order valence-corrected chi connectivity index (χ4v) is 1.60. The molecule has 86 valence electrons. The molecule has 3 heteroatoms. The molecule has 2 nitrogen and oxygen atoms in total. The lowest BCUT2D eigenvalue weighted by Gasteiger charge is -2.21. The van der Waals surface area contributed by atoms with Gasteiger partial charge in [0.15, 0.2) is 0 Å². The minimum absolute atomic E-state index is 0.753. The SMILES string of the molecule is C=CN/C(=C\C)CN(C)c1cccc(Cl)c1. The Hall–Kier alpha value is -1.41. The van der Waals surface area contributed by atoms with Crippen LogP contribution in [0.5, 0.6) is 0 Å². The minimum atomic E-state index is 0.753. The summed E-state index contributed by atoms with van der Waals surface area (Å²) in [6.45, 7) is 6.44. The standard InChI is InChI=1S/C13H17ClN2/c1-4-12(15-5-2)10-16(3)13-8-6-7-11(14)9-13/h4-9,15H,2,10H2,1,3H3/b12-4-. The zero-order valence-corrected chi connectivity index (χ0v) is 10.5. The van der Waals surface area contributed by atoms with Crippen LogP contribution in [0.2, 0.25) is 5.02 Å². The fraction of sp³-hybridized carbons (Fsp3) is 0.231. The molecule has 0 atom stereocenters. The summed E-state index contributed by atoms with van der Waals surface area (Å²) in [6.07, 6.45) is 3.71. The summed E-state index contributed by atoms with van der Waals surface area (Å²) < 4.78 is 0. The van der Waals surface area contributed by atoms with Gasteiger partial charge in [0.2, 0.25) is 0 Å². The zero-order valence-electron chi connectivity index (χ0n) is 9.70. The summed E-state index contributed by atoms with van der Waals surface area (Å²) >= 11 is 5.95. The smallest absolute Gasteiger partial charge is 0.0573 e. The molecule has 0 aromatic heterocycles. The Morgan fingerprint density at radius 3 is 2.88 bits per heavy atom. The number of rotatable bonds is 5. The highest BCUT2D eigenvalue weighted by atomic mass is 35.5. The van der Waals surface area contributed by atoms with Gasteiger partial charge < -0.3 is 10.2 Å². The monoisotopic (exact) mass is 236 g/mol. The second kappa shape index (κ2) is 6.23. The summed E-state index contributed by atoms with van der Waals surface area (Å²) in [4.78, 5) is 2.12. The van der Waals surface area contributed by atoms with Gasteiger partial charge in [-0.25, -0.2) is 0 Å². The highest BCUT2D eigenvalue weighted by Crippen LogP contribution is 2.18. The molecular weight excluding hydrogens is 220 g/mol. The Morgan fingerprint density at radius 2 is 2.31 bits per heavy atom. The summed E-state index contributed by atoms with van der Waals surface area (Å²) in [5.74, 6) is 0. The van der Waals surface area contributed by atoms with Crippen molar-refractivity contribution in [3.63, 3.8) is 0 Å². The van der Waals surface area contributed by atoms with Crippen molar-refractivity contribution in [2.75, 3.05) is 18.5 Å². The summed E-state index contributed by atoms with van der Waals surface area (Å²) in [7, 11) is 2.03. The predicted octanol–water partition coefficient (Wildman–Crippen LogP) is 3.41. The normalized spacial score (nSPS) is 11.1. The van der Waals surface area contributed by atoms with Crippen molar-refractivity contribution < 1.29 is 0 Å². The predicted molar refractivity (Wildman–Crippen MR) is 71.8 cm³/mol. The molecule has 1 N–H and O–H groups in total. The van der Waals surface area contributed by atoms with Gasteiger partial charge in [0.25, 0.3) is 0 Å². The highest BCUT2D eigenvalue weighted by molar-refractivity contribution is 6.30. The highest BCUT2D eigenvalue weighted by Gasteiger charge is 2.03. The van der Waals surface area contributed by atoms with Gasteiger partial charge in [0.1, 0.15) is 0 Å². The van der Waals surface area contributed by atoms with E-state index in [4.69, 9.17) is 11.6 Å². The summed E-state index contributed by atoms with van der Waals surface area (Å²) in [5, 5.41) is 3.85. The van der Waals surface area contributed by atoms with Gasteiger partial charge >= 0.3 is 0 Å². The van der Waals surface area contributed by atoms with Crippen LogP contribution in [0.3, 0.4) is 0 Å². The number of hydrogen-bond donors (Lipinski definition) is 1. The van der Waals surface area contributed by atoms with Gasteiger partial charge in [0.05, 0.1) is 6.54 Å². The Morgan fingerprint density at radius 1 is 1.56 bits per heavy atom. The van der Waals surface area contributed by atoms with E-state index < -0.39 is 0 Å². The molecule has 0 heterocycles. The van der Waals surface area contributed by atoms with E-state index in [9.17, 15) is 0 Å². The van der Waals surface area contributed by atoms with Crippen molar-refractivity contribution >= 4 is 17.3 Å². The fourth-order valence-electron chi connectivity index (χ4n) is 1.41. The number of likely N-dealkylation sites (N-methyl/N-ethyl adjacent to an activating group) is 1. The van der Waals surface area contributed by atoms with Gasteiger partial charge in [-0.15, -0.1) is 0 Å². The average molecular weight is 237 g/mol. The van der Waals surface area contributed by atoms with Crippen LogP contribution < -0.4 is 10.2 Å². The van der Waals surface area contributed by atoms with Crippen LogP contribution in [0, 0.1) is 0 Å². The van der Waals surface area contributed by atoms with Crippen LogP contribution in [0.15, 0.2) is 48.8 Å². The molecule has 0 aliphatic carbocycles. The van der Waals surface area contributed by atoms with Gasteiger partial charge in [-0.2, -0.15) is 0 Å². The van der Waals surface area contributed by atoms with Gasteiger partial charge in [-0.3, -0.25) is 0 Å². The third kappa shape index (κ3) is 3.63. The third-order valence-corrected chi connectivity index (χ3v) is 2.53. The van der Waals surface area contributed by atoms with E-state index >= 15 is 0 Å². The second-order valence-electron chi connectivity index (χ2n) is 3.50. The van der Waals surface area contributed by atoms with Crippen LogP contribution >= 0.6 is 11.6 Å². The Kier molecular flexibility index (Phi) is 4.93. The molecule has 0 aliphatic rings. The lowest BCUT2D eigenvalue weighted by Crippen LogP contribution is -2.24. The Balaban J connectivity index is 2.71. The van der Waals surface area contributed by atoms with Gasteiger partial charge in [-0.05, 0) is 31.3 Å². The van der Waals surface area contributed by atoms with Crippen LogP contribution in [-0.2, 0) is 0 Å². The first-order chi connectivity index (χ1) is 7.67. The molecule has 1 aromatic rings.